The molecule has 2 rings (SSSR count). The number of rotatable bonds is 3. The van der Waals surface area contributed by atoms with Gasteiger partial charge in [0.25, 0.3) is 0 Å². The number of hydrogen-bond acceptors (Lipinski definition) is 4. The van der Waals surface area contributed by atoms with Gasteiger partial charge in [0, 0.05) is 10.9 Å². The van der Waals surface area contributed by atoms with Crippen LogP contribution in [0.5, 0.6) is 0 Å². The van der Waals surface area contributed by atoms with Crippen molar-refractivity contribution in [2.45, 2.75) is 12.8 Å². The Morgan fingerprint density at radius 3 is 2.15 bits per heavy atom. The Morgan fingerprint density at radius 2 is 1.70 bits per heavy atom. The van der Waals surface area contributed by atoms with Gasteiger partial charge in [0.05, 0.1) is 0 Å². The lowest BCUT2D eigenvalue weighted by atomic mass is 10.1. The molecule has 0 fully saturated rings. The van der Waals surface area contributed by atoms with E-state index in [1.807, 2.05) is 0 Å². The highest BCUT2D eigenvalue weighted by molar-refractivity contribution is 9.10. The standard InChI is InChI=1S/C10H10BrN3.C2H2O4/c11-9-4-1-8(2-5-9)3-6-10-12-7-13-14-10;3-1(4)2(5)6/h1-2,4-5,7H,3,6H2,(H,12,13,14);(H,3,4)(H,5,6). The molecule has 0 saturated carbocycles. The molecule has 0 radical (unpaired) electrons. The summed E-state index contributed by atoms with van der Waals surface area (Å²) in [4.78, 5) is 22.3. The Bertz CT molecular complexity index is 543. The van der Waals surface area contributed by atoms with Crippen LogP contribution < -0.4 is 0 Å². The molecule has 20 heavy (non-hydrogen) atoms. The number of carboxylic acid groups (broad SMARTS) is 2. The summed E-state index contributed by atoms with van der Waals surface area (Å²) in [6, 6.07) is 8.33. The van der Waals surface area contributed by atoms with Crippen molar-refractivity contribution in [3.8, 4) is 0 Å². The van der Waals surface area contributed by atoms with E-state index in [-0.39, 0.29) is 0 Å². The Morgan fingerprint density at radius 1 is 1.10 bits per heavy atom. The minimum Gasteiger partial charge on any atom is -0.473 e. The van der Waals surface area contributed by atoms with Crippen molar-refractivity contribution in [3.63, 3.8) is 0 Å². The Hall–Kier alpha value is -2.22. The van der Waals surface area contributed by atoms with Gasteiger partial charge in [0.15, 0.2) is 0 Å². The zero-order valence-electron chi connectivity index (χ0n) is 10.3. The minimum absolute atomic E-state index is 0.904. The number of hydrogen-bond donors (Lipinski definition) is 3. The molecule has 1 aromatic carbocycles. The zero-order valence-corrected chi connectivity index (χ0v) is 11.9. The minimum atomic E-state index is -1.82. The monoisotopic (exact) mass is 341 g/mol. The summed E-state index contributed by atoms with van der Waals surface area (Å²) in [6.07, 6.45) is 3.43. The van der Waals surface area contributed by atoms with Crippen LogP contribution >= 0.6 is 15.9 Å². The summed E-state index contributed by atoms with van der Waals surface area (Å²) in [5.74, 6) is -2.71. The third-order valence-corrected chi connectivity index (χ3v) is 2.74. The van der Waals surface area contributed by atoms with Crippen molar-refractivity contribution in [2.24, 2.45) is 0 Å². The highest BCUT2D eigenvalue weighted by Gasteiger charge is 2.04. The number of carboxylic acids is 2. The fourth-order valence-corrected chi connectivity index (χ4v) is 1.53. The first-order chi connectivity index (χ1) is 9.49. The first-order valence-electron chi connectivity index (χ1n) is 5.54. The van der Waals surface area contributed by atoms with E-state index in [4.69, 9.17) is 19.8 Å². The van der Waals surface area contributed by atoms with E-state index in [1.54, 1.807) is 0 Å². The second-order valence-corrected chi connectivity index (χ2v) is 4.58. The van der Waals surface area contributed by atoms with Gasteiger partial charge in [-0.25, -0.2) is 14.6 Å². The molecule has 0 spiro atoms. The second-order valence-electron chi connectivity index (χ2n) is 3.67. The molecular weight excluding hydrogens is 330 g/mol. The lowest BCUT2D eigenvalue weighted by Crippen LogP contribution is -2.09. The second kappa shape index (κ2) is 8.05. The fourth-order valence-electron chi connectivity index (χ4n) is 1.27. The van der Waals surface area contributed by atoms with E-state index >= 15 is 0 Å². The van der Waals surface area contributed by atoms with Gasteiger partial charge < -0.3 is 10.2 Å². The van der Waals surface area contributed by atoms with Crippen LogP contribution in [-0.4, -0.2) is 37.3 Å². The van der Waals surface area contributed by atoms with E-state index in [0.29, 0.717) is 0 Å². The number of aromatic amines is 1. The summed E-state index contributed by atoms with van der Waals surface area (Å²) in [7, 11) is 0. The van der Waals surface area contributed by atoms with Crippen LogP contribution in [0.25, 0.3) is 0 Å². The number of nitrogens with zero attached hydrogens (tertiary/aromatic N) is 2. The summed E-state index contributed by atoms with van der Waals surface area (Å²) in [5.41, 5.74) is 1.31. The van der Waals surface area contributed by atoms with E-state index < -0.39 is 11.9 Å². The van der Waals surface area contributed by atoms with Gasteiger partial charge in [-0.15, -0.1) is 0 Å². The number of H-pyrrole nitrogens is 1. The summed E-state index contributed by atoms with van der Waals surface area (Å²) < 4.78 is 1.11. The molecule has 0 atom stereocenters. The molecule has 0 unspecified atom stereocenters. The van der Waals surface area contributed by atoms with Gasteiger partial charge in [-0.1, -0.05) is 28.1 Å². The molecule has 106 valence electrons. The lowest BCUT2D eigenvalue weighted by molar-refractivity contribution is -0.159. The molecule has 3 N–H and O–H groups in total. The number of carbonyl (C=O) groups is 2. The lowest BCUT2D eigenvalue weighted by Gasteiger charge is -1.98. The summed E-state index contributed by atoms with van der Waals surface area (Å²) in [6.45, 7) is 0. The van der Waals surface area contributed by atoms with Crippen molar-refractivity contribution in [3.05, 3.63) is 46.5 Å². The maximum Gasteiger partial charge on any atom is 0.414 e. The third kappa shape index (κ3) is 6.10. The number of halogens is 1. The average Bonchev–Trinajstić information content (AvgIpc) is 2.92. The predicted octanol–water partition coefficient (Wildman–Crippen LogP) is 1.51. The van der Waals surface area contributed by atoms with Gasteiger partial charge in [-0.2, -0.15) is 5.10 Å². The van der Waals surface area contributed by atoms with Crippen LogP contribution in [0.2, 0.25) is 0 Å². The predicted molar refractivity (Wildman–Crippen MR) is 73.2 cm³/mol. The molecule has 0 aliphatic rings. The Balaban J connectivity index is 0.000000286. The molecule has 0 bridgehead atoms. The van der Waals surface area contributed by atoms with Crippen LogP contribution in [0.1, 0.15) is 11.4 Å². The van der Waals surface area contributed by atoms with Crippen molar-refractivity contribution in [1.29, 1.82) is 0 Å². The number of aryl methyl sites for hydroxylation is 2. The SMILES string of the molecule is Brc1ccc(CCc2ncn[nH]2)cc1.O=C(O)C(=O)O. The highest BCUT2D eigenvalue weighted by Crippen LogP contribution is 2.11. The summed E-state index contributed by atoms with van der Waals surface area (Å²) >= 11 is 3.41. The number of aromatic nitrogens is 3. The third-order valence-electron chi connectivity index (χ3n) is 2.21. The first kappa shape index (κ1) is 15.8. The molecule has 0 aliphatic carbocycles. The number of aliphatic carboxylic acids is 2. The van der Waals surface area contributed by atoms with Gasteiger partial charge in [-0.05, 0) is 24.1 Å². The van der Waals surface area contributed by atoms with Crippen LogP contribution in [0.15, 0.2) is 35.1 Å². The molecule has 7 nitrogen and oxygen atoms in total. The fraction of sp³-hybridized carbons (Fsp3) is 0.167. The highest BCUT2D eigenvalue weighted by atomic mass is 79.9. The topological polar surface area (TPSA) is 116 Å². The first-order valence-corrected chi connectivity index (χ1v) is 6.33. The van der Waals surface area contributed by atoms with Crippen molar-refractivity contribution in [2.75, 3.05) is 0 Å². The van der Waals surface area contributed by atoms with Crippen molar-refractivity contribution in [1.82, 2.24) is 15.2 Å². The molecule has 8 heteroatoms. The molecule has 1 aromatic heterocycles. The average molecular weight is 342 g/mol. The van der Waals surface area contributed by atoms with Gasteiger partial charge in [0.1, 0.15) is 12.2 Å². The van der Waals surface area contributed by atoms with E-state index in [1.165, 1.54) is 11.9 Å². The number of benzene rings is 1. The maximum absolute atomic E-state index is 9.10. The van der Waals surface area contributed by atoms with Gasteiger partial charge in [-0.3, -0.25) is 5.10 Å². The van der Waals surface area contributed by atoms with E-state index in [0.717, 1.165) is 23.1 Å². The van der Waals surface area contributed by atoms with Gasteiger partial charge >= 0.3 is 11.9 Å². The van der Waals surface area contributed by atoms with Gasteiger partial charge in [0.2, 0.25) is 0 Å². The molecular formula is C12H12BrN3O4. The Labute approximate surface area is 122 Å². The quantitative estimate of drug-likeness (QED) is 0.728. The van der Waals surface area contributed by atoms with Crippen LogP contribution in [-0.2, 0) is 22.4 Å². The molecule has 0 amide bonds. The largest absolute Gasteiger partial charge is 0.473 e. The maximum atomic E-state index is 9.10. The van der Waals surface area contributed by atoms with Crippen molar-refractivity contribution < 1.29 is 19.8 Å². The summed E-state index contributed by atoms with van der Waals surface area (Å²) in [5, 5.41) is 21.4. The van der Waals surface area contributed by atoms with E-state index in [2.05, 4.69) is 55.4 Å². The molecule has 1 heterocycles. The Kier molecular flexibility index (Phi) is 6.38. The van der Waals surface area contributed by atoms with Crippen LogP contribution in [0.4, 0.5) is 0 Å². The molecule has 2 aromatic rings. The molecule has 0 saturated heterocycles. The normalized spacial score (nSPS) is 9.45. The molecule has 0 aliphatic heterocycles. The van der Waals surface area contributed by atoms with Crippen molar-refractivity contribution >= 4 is 27.9 Å². The number of nitrogens with one attached hydrogen (secondary N) is 1. The smallest absolute Gasteiger partial charge is 0.414 e. The van der Waals surface area contributed by atoms with Crippen LogP contribution in [0.3, 0.4) is 0 Å². The van der Waals surface area contributed by atoms with Crippen LogP contribution in [0, 0.1) is 0 Å². The van der Waals surface area contributed by atoms with E-state index in [9.17, 15) is 0 Å². The zero-order chi connectivity index (χ0) is 15.0.